The predicted octanol–water partition coefficient (Wildman–Crippen LogP) is 3.13. The smallest absolute Gasteiger partial charge is 0.178 e. The van der Waals surface area contributed by atoms with Crippen LogP contribution in [0.4, 0.5) is 0 Å². The molecule has 0 saturated carbocycles. The monoisotopic (exact) mass is 227 g/mol. The van der Waals surface area contributed by atoms with Gasteiger partial charge in [0.25, 0.3) is 0 Å². The van der Waals surface area contributed by atoms with Gasteiger partial charge in [0.05, 0.1) is 6.07 Å². The summed E-state index contributed by atoms with van der Waals surface area (Å²) in [7, 11) is 0. The lowest BCUT2D eigenvalue weighted by atomic mass is 9.98. The topological polar surface area (TPSA) is 36.3 Å². The quantitative estimate of drug-likeness (QED) is 0.692. The van der Waals surface area contributed by atoms with Gasteiger partial charge in [0.15, 0.2) is 6.10 Å². The third-order valence-electron chi connectivity index (χ3n) is 2.38. The zero-order valence-electron chi connectivity index (χ0n) is 7.42. The first-order valence-corrected chi connectivity index (χ1v) is 4.87. The molecule has 1 aliphatic heterocycles. The van der Waals surface area contributed by atoms with Crippen molar-refractivity contribution in [2.24, 2.45) is 0 Å². The van der Waals surface area contributed by atoms with E-state index in [1.54, 1.807) is 18.2 Å². The van der Waals surface area contributed by atoms with Gasteiger partial charge in [-0.3, -0.25) is 0 Å². The fourth-order valence-corrected chi connectivity index (χ4v) is 2.30. The lowest BCUT2D eigenvalue weighted by Gasteiger charge is -2.09. The summed E-state index contributed by atoms with van der Waals surface area (Å²) >= 11 is 12.0. The molecule has 1 aromatic rings. The maximum Gasteiger partial charge on any atom is 0.178 e. The summed E-state index contributed by atoms with van der Waals surface area (Å²) < 4.78 is 5.27. The van der Waals surface area contributed by atoms with E-state index >= 15 is 0 Å². The number of nitriles is 1. The number of nitrogens with zero attached hydrogens (tertiary/aromatic N) is 1. The molecule has 72 valence electrons. The van der Waals surface area contributed by atoms with Crippen LogP contribution in [0.15, 0.2) is 18.2 Å². The SMILES string of the molecule is CC1(c2c(Cl)cccc2Cl)OC1C#N. The van der Waals surface area contributed by atoms with E-state index in [0.29, 0.717) is 15.6 Å². The van der Waals surface area contributed by atoms with Crippen molar-refractivity contribution in [1.29, 1.82) is 5.26 Å². The Balaban J connectivity index is 2.49. The lowest BCUT2D eigenvalue weighted by Crippen LogP contribution is -2.08. The summed E-state index contributed by atoms with van der Waals surface area (Å²) in [6.07, 6.45) is -0.445. The van der Waals surface area contributed by atoms with Gasteiger partial charge < -0.3 is 4.74 Å². The first-order valence-electron chi connectivity index (χ1n) is 4.11. The highest BCUT2D eigenvalue weighted by Gasteiger charge is 2.56. The summed E-state index contributed by atoms with van der Waals surface area (Å²) in [5.74, 6) is 0. The van der Waals surface area contributed by atoms with Crippen LogP contribution in [0, 0.1) is 11.3 Å². The van der Waals surface area contributed by atoms with E-state index in [0.717, 1.165) is 0 Å². The number of rotatable bonds is 1. The second-order valence-corrected chi connectivity index (χ2v) is 4.15. The van der Waals surface area contributed by atoms with Gasteiger partial charge >= 0.3 is 0 Å². The average molecular weight is 228 g/mol. The van der Waals surface area contributed by atoms with Gasteiger partial charge in [-0.05, 0) is 19.1 Å². The van der Waals surface area contributed by atoms with Crippen molar-refractivity contribution in [2.45, 2.75) is 18.6 Å². The summed E-state index contributed by atoms with van der Waals surface area (Å²) in [6, 6.07) is 7.29. The van der Waals surface area contributed by atoms with Crippen LogP contribution in [0.5, 0.6) is 0 Å². The van der Waals surface area contributed by atoms with E-state index in [2.05, 4.69) is 0 Å². The van der Waals surface area contributed by atoms with Gasteiger partial charge in [0, 0.05) is 15.6 Å². The van der Waals surface area contributed by atoms with Crippen LogP contribution in [0.25, 0.3) is 0 Å². The van der Waals surface area contributed by atoms with E-state index in [9.17, 15) is 0 Å². The first kappa shape index (κ1) is 9.79. The van der Waals surface area contributed by atoms with Crippen LogP contribution < -0.4 is 0 Å². The van der Waals surface area contributed by atoms with Crippen molar-refractivity contribution in [2.75, 3.05) is 0 Å². The molecule has 0 N–H and O–H groups in total. The van der Waals surface area contributed by atoms with Gasteiger partial charge in [0.2, 0.25) is 0 Å². The Morgan fingerprint density at radius 1 is 1.43 bits per heavy atom. The molecule has 0 bridgehead atoms. The molecular weight excluding hydrogens is 221 g/mol. The van der Waals surface area contributed by atoms with Crippen LogP contribution in [0.1, 0.15) is 12.5 Å². The normalized spacial score (nSPS) is 29.7. The van der Waals surface area contributed by atoms with E-state index in [4.69, 9.17) is 33.2 Å². The molecule has 1 aromatic carbocycles. The van der Waals surface area contributed by atoms with E-state index in [-0.39, 0.29) is 0 Å². The molecule has 0 amide bonds. The molecule has 1 heterocycles. The first-order chi connectivity index (χ1) is 6.59. The largest absolute Gasteiger partial charge is 0.345 e. The maximum absolute atomic E-state index is 8.72. The molecule has 0 radical (unpaired) electrons. The number of epoxide rings is 1. The molecule has 0 spiro atoms. The third kappa shape index (κ3) is 1.29. The highest BCUT2D eigenvalue weighted by atomic mass is 35.5. The number of halogens is 2. The highest BCUT2D eigenvalue weighted by molar-refractivity contribution is 6.36. The molecule has 1 saturated heterocycles. The Kier molecular flexibility index (Phi) is 2.19. The lowest BCUT2D eigenvalue weighted by molar-refractivity contribution is 0.322. The Morgan fingerprint density at radius 3 is 2.43 bits per heavy atom. The minimum absolute atomic E-state index is 0.445. The van der Waals surface area contributed by atoms with Crippen molar-refractivity contribution in [3.63, 3.8) is 0 Å². The van der Waals surface area contributed by atoms with E-state index < -0.39 is 11.7 Å². The number of hydrogen-bond acceptors (Lipinski definition) is 2. The Labute approximate surface area is 92.0 Å². The van der Waals surface area contributed by atoms with E-state index in [1.807, 2.05) is 13.0 Å². The van der Waals surface area contributed by atoms with Crippen molar-refractivity contribution < 1.29 is 4.74 Å². The van der Waals surface area contributed by atoms with Crippen molar-refractivity contribution >= 4 is 23.2 Å². The van der Waals surface area contributed by atoms with Crippen molar-refractivity contribution in [3.8, 4) is 6.07 Å². The fraction of sp³-hybridized carbons (Fsp3) is 0.300. The summed E-state index contributed by atoms with van der Waals surface area (Å²) in [5, 5.41) is 9.80. The number of hydrogen-bond donors (Lipinski definition) is 0. The van der Waals surface area contributed by atoms with Gasteiger partial charge in [-0.1, -0.05) is 29.3 Å². The van der Waals surface area contributed by atoms with E-state index in [1.165, 1.54) is 0 Å². The Bertz CT molecular complexity index is 406. The van der Waals surface area contributed by atoms with Crippen LogP contribution in [0.3, 0.4) is 0 Å². The van der Waals surface area contributed by atoms with Crippen LogP contribution in [0.2, 0.25) is 10.0 Å². The fourth-order valence-electron chi connectivity index (χ4n) is 1.52. The Morgan fingerprint density at radius 2 is 2.00 bits per heavy atom. The van der Waals surface area contributed by atoms with Crippen LogP contribution in [-0.4, -0.2) is 6.10 Å². The van der Waals surface area contributed by atoms with Gasteiger partial charge in [-0.15, -0.1) is 0 Å². The molecule has 4 heteroatoms. The number of ether oxygens (including phenoxy) is 1. The molecule has 0 aliphatic carbocycles. The summed E-state index contributed by atoms with van der Waals surface area (Å²) in [5.41, 5.74) is 0.0689. The molecule has 2 nitrogen and oxygen atoms in total. The highest BCUT2D eigenvalue weighted by Crippen LogP contribution is 2.50. The number of benzene rings is 1. The summed E-state index contributed by atoms with van der Waals surface area (Å²) in [6.45, 7) is 1.81. The molecule has 2 rings (SSSR count). The van der Waals surface area contributed by atoms with Gasteiger partial charge in [0.1, 0.15) is 5.60 Å². The average Bonchev–Trinajstić information content (AvgIpc) is 2.77. The van der Waals surface area contributed by atoms with Gasteiger partial charge in [-0.25, -0.2) is 0 Å². The molecule has 2 atom stereocenters. The summed E-state index contributed by atoms with van der Waals surface area (Å²) in [4.78, 5) is 0. The molecule has 0 aromatic heterocycles. The van der Waals surface area contributed by atoms with Crippen molar-refractivity contribution in [3.05, 3.63) is 33.8 Å². The molecule has 2 unspecified atom stereocenters. The third-order valence-corrected chi connectivity index (χ3v) is 3.01. The second kappa shape index (κ2) is 3.13. The van der Waals surface area contributed by atoms with Crippen LogP contribution >= 0.6 is 23.2 Å². The van der Waals surface area contributed by atoms with Gasteiger partial charge in [-0.2, -0.15) is 5.26 Å². The minimum atomic E-state index is -0.635. The molecule has 1 fully saturated rings. The molecule has 1 aliphatic rings. The second-order valence-electron chi connectivity index (χ2n) is 3.33. The van der Waals surface area contributed by atoms with Crippen molar-refractivity contribution in [1.82, 2.24) is 0 Å². The predicted molar refractivity (Wildman–Crippen MR) is 54.3 cm³/mol. The molecule has 14 heavy (non-hydrogen) atoms. The van der Waals surface area contributed by atoms with Crippen LogP contribution in [-0.2, 0) is 10.3 Å². The maximum atomic E-state index is 8.72. The zero-order valence-corrected chi connectivity index (χ0v) is 8.93. The molecular formula is C10H7Cl2NO. The minimum Gasteiger partial charge on any atom is -0.345 e. The zero-order chi connectivity index (χ0) is 10.3. The standard InChI is InChI=1S/C10H7Cl2NO/c1-10(8(5-13)14-10)9-6(11)3-2-4-7(9)12/h2-4,8H,1H3. The Hall–Kier alpha value is -0.750.